The molecule has 1 saturated heterocycles. The highest BCUT2D eigenvalue weighted by Crippen LogP contribution is 2.17. The number of aryl methyl sites for hydroxylation is 1. The molecule has 1 heterocycles. The van der Waals surface area contributed by atoms with Gasteiger partial charge in [0, 0.05) is 18.8 Å². The Labute approximate surface area is 106 Å². The summed E-state index contributed by atoms with van der Waals surface area (Å²) in [6.45, 7) is 3.23. The zero-order valence-corrected chi connectivity index (χ0v) is 10.5. The summed E-state index contributed by atoms with van der Waals surface area (Å²) in [4.78, 5) is 12.0. The fourth-order valence-electron chi connectivity index (χ4n) is 2.17. The maximum absolute atomic E-state index is 13.9. The van der Waals surface area contributed by atoms with Crippen LogP contribution in [0.25, 0.3) is 0 Å². The summed E-state index contributed by atoms with van der Waals surface area (Å²) in [6.07, 6.45) is 3.29. The molecule has 0 spiro atoms. The third kappa shape index (κ3) is 2.79. The number of nitrogens with two attached hydrogens (primary N) is 1. The topological polar surface area (TPSA) is 58.4 Å². The predicted octanol–water partition coefficient (Wildman–Crippen LogP) is 1.85. The Hall–Kier alpha value is -1.62. The zero-order valence-electron chi connectivity index (χ0n) is 10.5. The van der Waals surface area contributed by atoms with E-state index >= 15 is 0 Å². The highest BCUT2D eigenvalue weighted by atomic mass is 19.1. The molecule has 0 bridgehead atoms. The van der Waals surface area contributed by atoms with Gasteiger partial charge in [-0.1, -0.05) is 6.42 Å². The minimum Gasteiger partial charge on any atom is -0.399 e. The molecule has 0 aromatic heterocycles. The van der Waals surface area contributed by atoms with E-state index in [9.17, 15) is 9.18 Å². The Bertz CT molecular complexity index is 456. The second-order valence-electron chi connectivity index (χ2n) is 4.69. The van der Waals surface area contributed by atoms with Crippen LogP contribution in [0.15, 0.2) is 12.1 Å². The molecule has 0 atom stereocenters. The number of carbonyl (C=O) groups is 1. The molecule has 1 aromatic rings. The molecular weight excluding hydrogens is 233 g/mol. The standard InChI is InChI=1S/C13H18FN3O/c1-9-7-10(15)8-11(12(9)14)13(18)16-17-5-3-2-4-6-17/h7-8H,2-6,15H2,1H3,(H,16,18). The van der Waals surface area contributed by atoms with Crippen LogP contribution in [0.3, 0.4) is 0 Å². The number of piperidine rings is 1. The fourth-order valence-corrected chi connectivity index (χ4v) is 2.17. The Morgan fingerprint density at radius 2 is 2.00 bits per heavy atom. The van der Waals surface area contributed by atoms with Gasteiger partial charge in [-0.3, -0.25) is 10.2 Å². The number of halogens is 1. The van der Waals surface area contributed by atoms with Crippen LogP contribution < -0.4 is 11.2 Å². The van der Waals surface area contributed by atoms with Crippen LogP contribution in [0, 0.1) is 12.7 Å². The number of hydrogen-bond donors (Lipinski definition) is 2. The van der Waals surface area contributed by atoms with Gasteiger partial charge in [0.25, 0.3) is 5.91 Å². The lowest BCUT2D eigenvalue weighted by molar-refractivity contribution is 0.0745. The first-order valence-electron chi connectivity index (χ1n) is 6.19. The predicted molar refractivity (Wildman–Crippen MR) is 68.4 cm³/mol. The number of anilines is 1. The normalized spacial score (nSPS) is 16.6. The number of nitrogens with one attached hydrogen (secondary N) is 1. The van der Waals surface area contributed by atoms with Gasteiger partial charge < -0.3 is 5.73 Å². The maximum Gasteiger partial charge on any atom is 0.268 e. The number of nitrogen functional groups attached to an aromatic ring is 1. The highest BCUT2D eigenvalue weighted by molar-refractivity contribution is 5.95. The third-order valence-electron chi connectivity index (χ3n) is 3.14. The molecule has 4 nitrogen and oxygen atoms in total. The monoisotopic (exact) mass is 251 g/mol. The Kier molecular flexibility index (Phi) is 3.81. The number of nitrogens with zero attached hydrogens (tertiary/aromatic N) is 1. The molecule has 1 aromatic carbocycles. The van der Waals surface area contributed by atoms with Crippen molar-refractivity contribution in [3.63, 3.8) is 0 Å². The minimum absolute atomic E-state index is 0.0121. The van der Waals surface area contributed by atoms with Crippen molar-refractivity contribution in [3.8, 4) is 0 Å². The van der Waals surface area contributed by atoms with Crippen molar-refractivity contribution in [2.75, 3.05) is 18.8 Å². The summed E-state index contributed by atoms with van der Waals surface area (Å²) < 4.78 is 13.9. The van der Waals surface area contributed by atoms with E-state index in [-0.39, 0.29) is 5.56 Å². The first kappa shape index (κ1) is 12.8. The van der Waals surface area contributed by atoms with Crippen molar-refractivity contribution in [1.29, 1.82) is 0 Å². The molecule has 1 aliphatic heterocycles. The largest absolute Gasteiger partial charge is 0.399 e. The molecule has 0 unspecified atom stereocenters. The van der Waals surface area contributed by atoms with Crippen molar-refractivity contribution >= 4 is 11.6 Å². The van der Waals surface area contributed by atoms with Crippen molar-refractivity contribution in [3.05, 3.63) is 29.1 Å². The van der Waals surface area contributed by atoms with Crippen molar-refractivity contribution in [1.82, 2.24) is 10.4 Å². The lowest BCUT2D eigenvalue weighted by Gasteiger charge is -2.26. The summed E-state index contributed by atoms with van der Waals surface area (Å²) in [5.74, 6) is -0.927. The second kappa shape index (κ2) is 5.35. The van der Waals surface area contributed by atoms with Gasteiger partial charge in [0.1, 0.15) is 5.82 Å². The number of hydrazine groups is 1. The Morgan fingerprint density at radius 1 is 1.33 bits per heavy atom. The summed E-state index contributed by atoms with van der Waals surface area (Å²) >= 11 is 0. The molecule has 0 radical (unpaired) electrons. The molecule has 2 rings (SSSR count). The fraction of sp³-hybridized carbons (Fsp3) is 0.462. The molecule has 1 amide bonds. The van der Waals surface area contributed by atoms with Gasteiger partial charge >= 0.3 is 0 Å². The van der Waals surface area contributed by atoms with E-state index in [2.05, 4.69) is 5.43 Å². The lowest BCUT2D eigenvalue weighted by Crippen LogP contribution is -2.45. The molecule has 1 aliphatic rings. The second-order valence-corrected chi connectivity index (χ2v) is 4.69. The van der Waals surface area contributed by atoms with Gasteiger partial charge in [-0.2, -0.15) is 0 Å². The number of carbonyl (C=O) groups excluding carboxylic acids is 1. The van der Waals surface area contributed by atoms with Crippen LogP contribution in [0.4, 0.5) is 10.1 Å². The van der Waals surface area contributed by atoms with Crippen LogP contribution in [0.2, 0.25) is 0 Å². The van der Waals surface area contributed by atoms with Crippen LogP contribution in [0.5, 0.6) is 0 Å². The van der Waals surface area contributed by atoms with E-state index in [0.29, 0.717) is 11.3 Å². The Morgan fingerprint density at radius 3 is 2.67 bits per heavy atom. The van der Waals surface area contributed by atoms with E-state index in [1.165, 1.54) is 18.6 Å². The first-order valence-corrected chi connectivity index (χ1v) is 6.19. The summed E-state index contributed by atoms with van der Waals surface area (Å²) in [5.41, 5.74) is 9.17. The molecule has 3 N–H and O–H groups in total. The Balaban J connectivity index is 2.13. The SMILES string of the molecule is Cc1cc(N)cc(C(=O)NN2CCCCC2)c1F. The molecule has 98 valence electrons. The van der Waals surface area contributed by atoms with E-state index in [4.69, 9.17) is 5.73 Å². The van der Waals surface area contributed by atoms with E-state index in [0.717, 1.165) is 25.9 Å². The highest BCUT2D eigenvalue weighted by Gasteiger charge is 2.18. The van der Waals surface area contributed by atoms with Crippen LogP contribution >= 0.6 is 0 Å². The summed E-state index contributed by atoms with van der Waals surface area (Å²) in [5, 5.41) is 1.84. The van der Waals surface area contributed by atoms with Crippen LogP contribution in [-0.2, 0) is 0 Å². The lowest BCUT2D eigenvalue weighted by atomic mass is 10.1. The van der Waals surface area contributed by atoms with E-state index in [1.807, 2.05) is 5.01 Å². The molecule has 5 heteroatoms. The molecule has 0 saturated carbocycles. The van der Waals surface area contributed by atoms with Crippen LogP contribution in [-0.4, -0.2) is 24.0 Å². The molecule has 0 aliphatic carbocycles. The quantitative estimate of drug-likeness (QED) is 0.789. The molecular formula is C13H18FN3O. The average Bonchev–Trinajstić information content (AvgIpc) is 2.35. The first-order chi connectivity index (χ1) is 8.58. The van der Waals surface area contributed by atoms with Crippen molar-refractivity contribution in [2.24, 2.45) is 0 Å². The van der Waals surface area contributed by atoms with Gasteiger partial charge in [-0.05, 0) is 37.5 Å². The smallest absolute Gasteiger partial charge is 0.268 e. The van der Waals surface area contributed by atoms with Gasteiger partial charge in [0.15, 0.2) is 0 Å². The number of amides is 1. The van der Waals surface area contributed by atoms with E-state index < -0.39 is 11.7 Å². The number of benzene rings is 1. The van der Waals surface area contributed by atoms with Gasteiger partial charge in [-0.15, -0.1) is 0 Å². The molecule has 18 heavy (non-hydrogen) atoms. The van der Waals surface area contributed by atoms with Gasteiger partial charge in [0.2, 0.25) is 0 Å². The number of hydrogen-bond acceptors (Lipinski definition) is 3. The van der Waals surface area contributed by atoms with Crippen molar-refractivity contribution in [2.45, 2.75) is 26.2 Å². The minimum atomic E-state index is -0.501. The zero-order chi connectivity index (χ0) is 13.1. The third-order valence-corrected chi connectivity index (χ3v) is 3.14. The number of rotatable bonds is 2. The van der Waals surface area contributed by atoms with Gasteiger partial charge in [0.05, 0.1) is 5.56 Å². The van der Waals surface area contributed by atoms with Crippen molar-refractivity contribution < 1.29 is 9.18 Å². The van der Waals surface area contributed by atoms with Crippen LogP contribution in [0.1, 0.15) is 35.2 Å². The summed E-state index contributed by atoms with van der Waals surface area (Å²) in [6, 6.07) is 2.90. The van der Waals surface area contributed by atoms with E-state index in [1.54, 1.807) is 6.92 Å². The molecule has 1 fully saturated rings. The summed E-state index contributed by atoms with van der Waals surface area (Å²) in [7, 11) is 0. The van der Waals surface area contributed by atoms with Gasteiger partial charge in [-0.25, -0.2) is 9.40 Å². The average molecular weight is 251 g/mol. The maximum atomic E-state index is 13.9.